The average molecular weight is 275 g/mol. The standard InChI is InChI=1S/C10H23B2NO6/c13-10(9(14)15,5-1-3-7-11(16)17)6-2-4-8-12(18)19/h16-19H,1-8,13H2,(H,14,15). The van der Waals surface area contributed by atoms with Crippen molar-refractivity contribution in [2.45, 2.75) is 56.7 Å². The van der Waals surface area contributed by atoms with Gasteiger partial charge in [0.05, 0.1) is 0 Å². The molecule has 0 rings (SSSR count). The highest BCUT2D eigenvalue weighted by molar-refractivity contribution is 6.41. The number of nitrogens with two attached hydrogens (primary N) is 1. The van der Waals surface area contributed by atoms with Crippen LogP contribution in [0.2, 0.25) is 12.6 Å². The van der Waals surface area contributed by atoms with E-state index in [4.69, 9.17) is 30.9 Å². The van der Waals surface area contributed by atoms with Crippen LogP contribution < -0.4 is 5.73 Å². The molecule has 0 spiro atoms. The van der Waals surface area contributed by atoms with Crippen molar-refractivity contribution in [2.24, 2.45) is 5.73 Å². The summed E-state index contributed by atoms with van der Waals surface area (Å²) in [5.41, 5.74) is 4.49. The van der Waals surface area contributed by atoms with E-state index in [2.05, 4.69) is 0 Å². The third-order valence-electron chi connectivity index (χ3n) is 3.10. The summed E-state index contributed by atoms with van der Waals surface area (Å²) in [4.78, 5) is 11.2. The maximum Gasteiger partial charge on any atom is 0.451 e. The van der Waals surface area contributed by atoms with Crippen LogP contribution in [0.1, 0.15) is 38.5 Å². The second-order valence-corrected chi connectivity index (χ2v) is 4.91. The lowest BCUT2D eigenvalue weighted by molar-refractivity contribution is -0.144. The molecule has 0 amide bonds. The molecule has 110 valence electrons. The van der Waals surface area contributed by atoms with Crippen LogP contribution in [0, 0.1) is 0 Å². The van der Waals surface area contributed by atoms with E-state index in [0.717, 1.165) is 0 Å². The Labute approximate surface area is 113 Å². The summed E-state index contributed by atoms with van der Waals surface area (Å²) in [5.74, 6) is -1.08. The molecule has 19 heavy (non-hydrogen) atoms. The molecule has 0 bridgehead atoms. The summed E-state index contributed by atoms with van der Waals surface area (Å²) in [6.45, 7) is 0. The first-order valence-electron chi connectivity index (χ1n) is 6.52. The number of rotatable bonds is 11. The number of unbranched alkanes of at least 4 members (excludes halogenated alkanes) is 2. The number of hydrogen-bond acceptors (Lipinski definition) is 6. The Hall–Kier alpha value is -0.600. The molecular weight excluding hydrogens is 252 g/mol. The van der Waals surface area contributed by atoms with Crippen molar-refractivity contribution in [3.8, 4) is 0 Å². The summed E-state index contributed by atoms with van der Waals surface area (Å²) < 4.78 is 0. The predicted octanol–water partition coefficient (Wildman–Crippen LogP) is -0.945. The first kappa shape index (κ1) is 18.4. The fraction of sp³-hybridized carbons (Fsp3) is 0.900. The minimum absolute atomic E-state index is 0.201. The number of hydrogen-bond donors (Lipinski definition) is 6. The molecule has 0 aromatic carbocycles. The third kappa shape index (κ3) is 9.01. The Morgan fingerprint density at radius 1 is 0.895 bits per heavy atom. The topological polar surface area (TPSA) is 144 Å². The molecule has 9 heteroatoms. The molecule has 0 aliphatic heterocycles. The van der Waals surface area contributed by atoms with Crippen molar-refractivity contribution in [2.75, 3.05) is 0 Å². The van der Waals surface area contributed by atoms with Crippen molar-refractivity contribution < 1.29 is 30.0 Å². The summed E-state index contributed by atoms with van der Waals surface area (Å²) in [7, 11) is -2.74. The summed E-state index contributed by atoms with van der Waals surface area (Å²) >= 11 is 0. The largest absolute Gasteiger partial charge is 0.480 e. The maximum atomic E-state index is 11.2. The zero-order valence-corrected chi connectivity index (χ0v) is 11.0. The number of carbonyl (C=O) groups is 1. The predicted molar refractivity (Wildman–Crippen MR) is 72.3 cm³/mol. The van der Waals surface area contributed by atoms with E-state index in [1.165, 1.54) is 0 Å². The van der Waals surface area contributed by atoms with E-state index >= 15 is 0 Å². The Bertz CT molecular complexity index is 248. The highest BCUT2D eigenvalue weighted by Crippen LogP contribution is 2.21. The molecule has 0 saturated carbocycles. The van der Waals surface area contributed by atoms with Gasteiger partial charge in [-0.25, -0.2) is 0 Å². The molecule has 0 atom stereocenters. The van der Waals surface area contributed by atoms with Crippen LogP contribution in [0.15, 0.2) is 0 Å². The minimum Gasteiger partial charge on any atom is -0.480 e. The van der Waals surface area contributed by atoms with Gasteiger partial charge in [-0.1, -0.05) is 25.7 Å². The van der Waals surface area contributed by atoms with Gasteiger partial charge in [0, 0.05) is 0 Å². The lowest BCUT2D eigenvalue weighted by Crippen LogP contribution is -2.47. The average Bonchev–Trinajstić information content (AvgIpc) is 2.29. The molecule has 0 radical (unpaired) electrons. The Morgan fingerprint density at radius 2 is 1.26 bits per heavy atom. The quantitative estimate of drug-likeness (QED) is 0.211. The van der Waals surface area contributed by atoms with Crippen molar-refractivity contribution in [3.05, 3.63) is 0 Å². The van der Waals surface area contributed by atoms with Crippen molar-refractivity contribution in [1.29, 1.82) is 0 Å². The zero-order valence-electron chi connectivity index (χ0n) is 11.0. The molecular formula is C10H23B2NO6. The van der Waals surface area contributed by atoms with E-state index in [-0.39, 0.29) is 25.5 Å². The van der Waals surface area contributed by atoms with E-state index in [1.54, 1.807) is 0 Å². The third-order valence-corrected chi connectivity index (χ3v) is 3.10. The zero-order chi connectivity index (χ0) is 14.9. The van der Waals surface area contributed by atoms with Crippen LogP contribution in [0.3, 0.4) is 0 Å². The van der Waals surface area contributed by atoms with Gasteiger partial charge in [-0.05, 0) is 25.5 Å². The fourth-order valence-electron chi connectivity index (χ4n) is 1.87. The Balaban J connectivity index is 4.01. The molecule has 0 aliphatic carbocycles. The van der Waals surface area contributed by atoms with Gasteiger partial charge in [0.25, 0.3) is 0 Å². The minimum atomic E-state index is -1.37. The first-order chi connectivity index (χ1) is 8.78. The van der Waals surface area contributed by atoms with Gasteiger partial charge in [-0.2, -0.15) is 0 Å². The smallest absolute Gasteiger partial charge is 0.451 e. The second-order valence-electron chi connectivity index (χ2n) is 4.91. The van der Waals surface area contributed by atoms with Crippen LogP contribution in [0.4, 0.5) is 0 Å². The summed E-state index contributed by atoms with van der Waals surface area (Å²) in [5, 5.41) is 43.8. The Kier molecular flexibility index (Phi) is 9.03. The van der Waals surface area contributed by atoms with Gasteiger partial charge in [0.15, 0.2) is 0 Å². The Morgan fingerprint density at radius 3 is 1.53 bits per heavy atom. The van der Waals surface area contributed by atoms with E-state index in [0.29, 0.717) is 25.7 Å². The van der Waals surface area contributed by atoms with Crippen LogP contribution in [0.5, 0.6) is 0 Å². The monoisotopic (exact) mass is 275 g/mol. The molecule has 0 fully saturated rings. The lowest BCUT2D eigenvalue weighted by Gasteiger charge is -2.24. The maximum absolute atomic E-state index is 11.2. The second kappa shape index (κ2) is 9.33. The van der Waals surface area contributed by atoms with Crippen LogP contribution in [0.25, 0.3) is 0 Å². The van der Waals surface area contributed by atoms with E-state index in [9.17, 15) is 4.79 Å². The van der Waals surface area contributed by atoms with Crippen molar-refractivity contribution in [1.82, 2.24) is 0 Å². The van der Waals surface area contributed by atoms with E-state index < -0.39 is 25.7 Å². The SMILES string of the molecule is NC(CCCCB(O)O)(CCCCB(O)O)C(=O)O. The highest BCUT2D eigenvalue weighted by Gasteiger charge is 2.32. The lowest BCUT2D eigenvalue weighted by atomic mass is 9.79. The van der Waals surface area contributed by atoms with Gasteiger partial charge in [-0.15, -0.1) is 0 Å². The van der Waals surface area contributed by atoms with Crippen molar-refractivity contribution >= 4 is 20.2 Å². The number of carboxylic acids is 1. The molecule has 7 nitrogen and oxygen atoms in total. The van der Waals surface area contributed by atoms with Crippen molar-refractivity contribution in [3.63, 3.8) is 0 Å². The molecule has 0 aromatic rings. The van der Waals surface area contributed by atoms with Crippen LogP contribution >= 0.6 is 0 Å². The summed E-state index contributed by atoms with van der Waals surface area (Å²) in [6.07, 6.45) is 2.93. The normalized spacial score (nSPS) is 11.4. The molecule has 7 N–H and O–H groups in total. The summed E-state index contributed by atoms with van der Waals surface area (Å²) in [6, 6.07) is 0. The molecule has 0 heterocycles. The van der Waals surface area contributed by atoms with Crippen LogP contribution in [-0.4, -0.2) is 50.9 Å². The van der Waals surface area contributed by atoms with Gasteiger partial charge in [0.2, 0.25) is 0 Å². The van der Waals surface area contributed by atoms with E-state index in [1.807, 2.05) is 0 Å². The molecule has 0 saturated heterocycles. The van der Waals surface area contributed by atoms with Gasteiger partial charge in [0.1, 0.15) is 5.54 Å². The van der Waals surface area contributed by atoms with Gasteiger partial charge >= 0.3 is 20.2 Å². The van der Waals surface area contributed by atoms with Gasteiger partial charge in [-0.3, -0.25) is 4.79 Å². The number of aliphatic carboxylic acids is 1. The fourth-order valence-corrected chi connectivity index (χ4v) is 1.87. The molecule has 0 aliphatic rings. The molecule has 0 aromatic heterocycles. The highest BCUT2D eigenvalue weighted by atomic mass is 16.4. The number of carboxylic acid groups (broad SMARTS) is 1. The first-order valence-corrected chi connectivity index (χ1v) is 6.52. The van der Waals surface area contributed by atoms with Crippen LogP contribution in [-0.2, 0) is 4.79 Å². The van der Waals surface area contributed by atoms with Gasteiger partial charge < -0.3 is 30.9 Å². The molecule has 0 unspecified atom stereocenters.